The first-order valence-electron chi connectivity index (χ1n) is 12.9. The van der Waals surface area contributed by atoms with Crippen LogP contribution >= 0.6 is 0 Å². The first-order valence-corrected chi connectivity index (χ1v) is 12.9. The van der Waals surface area contributed by atoms with Gasteiger partial charge >= 0.3 is 0 Å². The quantitative estimate of drug-likeness (QED) is 0.387. The molecule has 6 heteroatoms. The number of fused-ring (bicyclic) bond motifs is 1. The minimum absolute atomic E-state index is 0.115. The Morgan fingerprint density at radius 2 is 1.83 bits per heavy atom. The topological polar surface area (TPSA) is 52.2 Å². The third kappa shape index (κ3) is 6.19. The molecule has 0 unspecified atom stereocenters. The van der Waals surface area contributed by atoms with Gasteiger partial charge in [0.1, 0.15) is 23.9 Å². The van der Waals surface area contributed by atoms with Crippen LogP contribution in [0.3, 0.4) is 0 Å². The lowest BCUT2D eigenvalue weighted by atomic mass is 9.87. The van der Waals surface area contributed by atoms with Crippen molar-refractivity contribution in [3.05, 3.63) is 83.9 Å². The molecule has 0 spiro atoms. The number of hydrogen-bond acceptors (Lipinski definition) is 6. The number of methoxy groups -OCH3 is 1. The van der Waals surface area contributed by atoms with Crippen molar-refractivity contribution >= 4 is 5.69 Å². The maximum absolute atomic E-state index is 6.51. The van der Waals surface area contributed by atoms with Gasteiger partial charge < -0.3 is 29.2 Å². The van der Waals surface area contributed by atoms with Gasteiger partial charge in [0.15, 0.2) is 0 Å². The van der Waals surface area contributed by atoms with Crippen LogP contribution in [-0.4, -0.2) is 52.6 Å². The standard InChI is InChI=1S/C30H36N2O4/c1-33-18-5-16-32-17-19-34-29-13-8-23(20-28(29)32)22-35-30-21-31-15-14-27(30)24-9-11-26(12-10-24)36-25-6-3-2-4-7-25/h2-4,6-13,20,27,30-31H,5,14-19,21-22H2,1H3/t27-,30+/m1/s1. The molecule has 190 valence electrons. The van der Waals surface area contributed by atoms with E-state index >= 15 is 0 Å². The summed E-state index contributed by atoms with van der Waals surface area (Å²) < 4.78 is 23.6. The minimum Gasteiger partial charge on any atom is -0.490 e. The van der Waals surface area contributed by atoms with Crippen LogP contribution < -0.4 is 19.7 Å². The van der Waals surface area contributed by atoms with Gasteiger partial charge in [-0.15, -0.1) is 0 Å². The van der Waals surface area contributed by atoms with Crippen LogP contribution in [0.25, 0.3) is 0 Å². The maximum Gasteiger partial charge on any atom is 0.142 e. The Kier molecular flexibility index (Phi) is 8.39. The van der Waals surface area contributed by atoms with Crippen LogP contribution in [0, 0.1) is 0 Å². The number of para-hydroxylation sites is 1. The molecule has 6 nitrogen and oxygen atoms in total. The van der Waals surface area contributed by atoms with E-state index in [9.17, 15) is 0 Å². The van der Waals surface area contributed by atoms with Crippen LogP contribution in [0.5, 0.6) is 17.2 Å². The van der Waals surface area contributed by atoms with Gasteiger partial charge in [0.25, 0.3) is 0 Å². The highest BCUT2D eigenvalue weighted by atomic mass is 16.5. The molecule has 5 rings (SSSR count). The fourth-order valence-electron chi connectivity index (χ4n) is 5.04. The monoisotopic (exact) mass is 488 g/mol. The minimum atomic E-state index is 0.115. The van der Waals surface area contributed by atoms with Gasteiger partial charge in [-0.05, 0) is 66.9 Å². The van der Waals surface area contributed by atoms with Gasteiger partial charge in [0, 0.05) is 32.7 Å². The van der Waals surface area contributed by atoms with Gasteiger partial charge in [-0.2, -0.15) is 0 Å². The summed E-state index contributed by atoms with van der Waals surface area (Å²) in [5.74, 6) is 3.00. The molecule has 1 saturated heterocycles. The Labute approximate surface area is 214 Å². The van der Waals surface area contributed by atoms with E-state index in [0.717, 1.165) is 75.2 Å². The molecule has 0 bridgehead atoms. The molecule has 1 N–H and O–H groups in total. The van der Waals surface area contributed by atoms with E-state index in [1.54, 1.807) is 7.11 Å². The first-order chi connectivity index (χ1) is 17.8. The van der Waals surface area contributed by atoms with Crippen molar-refractivity contribution in [1.29, 1.82) is 0 Å². The highest BCUT2D eigenvalue weighted by molar-refractivity contribution is 5.61. The van der Waals surface area contributed by atoms with Crippen molar-refractivity contribution in [2.45, 2.75) is 31.5 Å². The number of anilines is 1. The van der Waals surface area contributed by atoms with E-state index in [-0.39, 0.29) is 6.10 Å². The highest BCUT2D eigenvalue weighted by Gasteiger charge is 2.27. The van der Waals surface area contributed by atoms with Crippen LogP contribution in [-0.2, 0) is 16.1 Å². The molecule has 0 saturated carbocycles. The Hall–Kier alpha value is -3.06. The normalized spacial score (nSPS) is 19.4. The van der Waals surface area contributed by atoms with E-state index in [4.69, 9.17) is 18.9 Å². The predicted octanol–water partition coefficient (Wildman–Crippen LogP) is 5.38. The summed E-state index contributed by atoms with van der Waals surface area (Å²) in [7, 11) is 1.75. The van der Waals surface area contributed by atoms with Crippen LogP contribution in [0.2, 0.25) is 0 Å². The van der Waals surface area contributed by atoms with Gasteiger partial charge in [-0.3, -0.25) is 0 Å². The van der Waals surface area contributed by atoms with Gasteiger partial charge in [-0.1, -0.05) is 36.4 Å². The second kappa shape index (κ2) is 12.3. The van der Waals surface area contributed by atoms with Crippen molar-refractivity contribution in [3.8, 4) is 17.2 Å². The van der Waals surface area contributed by atoms with Crippen molar-refractivity contribution in [2.75, 3.05) is 51.4 Å². The Balaban J connectivity index is 1.22. The molecular formula is C30H36N2O4. The largest absolute Gasteiger partial charge is 0.490 e. The highest BCUT2D eigenvalue weighted by Crippen LogP contribution is 2.34. The summed E-state index contributed by atoms with van der Waals surface area (Å²) in [4.78, 5) is 2.39. The number of piperidine rings is 1. The fraction of sp³-hybridized carbons (Fsp3) is 0.400. The van der Waals surface area contributed by atoms with E-state index in [1.165, 1.54) is 11.1 Å². The second-order valence-corrected chi connectivity index (χ2v) is 9.42. The summed E-state index contributed by atoms with van der Waals surface area (Å²) in [6, 6.07) is 24.8. The molecule has 2 aliphatic rings. The third-order valence-corrected chi connectivity index (χ3v) is 6.94. The summed E-state index contributed by atoms with van der Waals surface area (Å²) in [5, 5.41) is 3.51. The van der Waals surface area contributed by atoms with Crippen molar-refractivity contribution in [2.24, 2.45) is 0 Å². The Morgan fingerprint density at radius 1 is 1.00 bits per heavy atom. The number of ether oxygens (including phenoxy) is 4. The Bertz CT molecular complexity index is 1090. The summed E-state index contributed by atoms with van der Waals surface area (Å²) in [5.41, 5.74) is 3.63. The zero-order valence-corrected chi connectivity index (χ0v) is 21.0. The second-order valence-electron chi connectivity index (χ2n) is 9.42. The molecule has 3 aromatic rings. The van der Waals surface area contributed by atoms with E-state index in [2.05, 4.69) is 52.7 Å². The summed E-state index contributed by atoms with van der Waals surface area (Å²) in [6.45, 7) is 5.79. The first kappa shape index (κ1) is 24.6. The zero-order valence-electron chi connectivity index (χ0n) is 21.0. The van der Waals surface area contributed by atoms with E-state index < -0.39 is 0 Å². The molecule has 36 heavy (non-hydrogen) atoms. The van der Waals surface area contributed by atoms with Gasteiger partial charge in [-0.25, -0.2) is 0 Å². The molecule has 1 fully saturated rings. The van der Waals surface area contributed by atoms with Gasteiger partial charge in [0.2, 0.25) is 0 Å². The zero-order chi connectivity index (χ0) is 24.6. The van der Waals surface area contributed by atoms with Crippen molar-refractivity contribution in [3.63, 3.8) is 0 Å². The molecule has 2 heterocycles. The number of benzene rings is 3. The average molecular weight is 489 g/mol. The number of nitrogens with zero attached hydrogens (tertiary/aromatic N) is 1. The van der Waals surface area contributed by atoms with Crippen LogP contribution in [0.15, 0.2) is 72.8 Å². The molecule has 0 aromatic heterocycles. The molecule has 0 amide bonds. The number of rotatable bonds is 10. The van der Waals surface area contributed by atoms with Crippen molar-refractivity contribution < 1.29 is 18.9 Å². The van der Waals surface area contributed by atoms with Crippen LogP contribution in [0.1, 0.15) is 29.9 Å². The Morgan fingerprint density at radius 3 is 2.67 bits per heavy atom. The molecule has 0 radical (unpaired) electrons. The smallest absolute Gasteiger partial charge is 0.142 e. The summed E-state index contributed by atoms with van der Waals surface area (Å²) >= 11 is 0. The van der Waals surface area contributed by atoms with Gasteiger partial charge in [0.05, 0.1) is 24.9 Å². The molecule has 2 atom stereocenters. The summed E-state index contributed by atoms with van der Waals surface area (Å²) in [6.07, 6.45) is 2.17. The van der Waals surface area contributed by atoms with E-state index in [0.29, 0.717) is 12.5 Å². The molecular weight excluding hydrogens is 452 g/mol. The number of nitrogens with one attached hydrogen (secondary N) is 1. The average Bonchev–Trinajstić information content (AvgIpc) is 2.93. The number of hydrogen-bond donors (Lipinski definition) is 1. The third-order valence-electron chi connectivity index (χ3n) is 6.94. The SMILES string of the molecule is COCCCN1CCOc2ccc(CO[C@H]3CNCC[C@@H]3c3ccc(Oc4ccccc4)cc3)cc21. The fourth-order valence-corrected chi connectivity index (χ4v) is 5.04. The lowest BCUT2D eigenvalue weighted by Gasteiger charge is -2.33. The predicted molar refractivity (Wildman–Crippen MR) is 142 cm³/mol. The lowest BCUT2D eigenvalue weighted by Crippen LogP contribution is -2.41. The molecule has 0 aliphatic carbocycles. The maximum atomic E-state index is 6.51. The molecule has 2 aliphatic heterocycles. The van der Waals surface area contributed by atoms with Crippen molar-refractivity contribution in [1.82, 2.24) is 5.32 Å². The molecule has 3 aromatic carbocycles. The van der Waals surface area contributed by atoms with E-state index in [1.807, 2.05) is 30.3 Å². The lowest BCUT2D eigenvalue weighted by molar-refractivity contribution is 0.0106. The van der Waals surface area contributed by atoms with Crippen LogP contribution in [0.4, 0.5) is 5.69 Å².